The average Bonchev–Trinajstić information content (AvgIpc) is 2.66. The Balaban J connectivity index is 1.94. The van der Waals surface area contributed by atoms with E-state index >= 15 is 0 Å². The van der Waals surface area contributed by atoms with E-state index in [9.17, 15) is 4.79 Å². The summed E-state index contributed by atoms with van der Waals surface area (Å²) in [6.07, 6.45) is -0.0764. The topological polar surface area (TPSA) is 57.7 Å². The summed E-state index contributed by atoms with van der Waals surface area (Å²) in [5, 5.41) is 1.63. The van der Waals surface area contributed by atoms with E-state index in [0.717, 1.165) is 16.3 Å². The Bertz CT molecular complexity index is 907. The zero-order valence-corrected chi connectivity index (χ0v) is 15.1. The van der Waals surface area contributed by atoms with Crippen molar-refractivity contribution in [2.24, 2.45) is 0 Å². The van der Waals surface area contributed by atoms with Crippen molar-refractivity contribution in [1.82, 2.24) is 4.98 Å². The Kier molecular flexibility index (Phi) is 5.37. The van der Waals surface area contributed by atoms with Crippen molar-refractivity contribution in [3.05, 3.63) is 65.9 Å². The Morgan fingerprint density at radius 3 is 2.54 bits per heavy atom. The molecule has 0 saturated heterocycles. The van der Waals surface area contributed by atoms with Gasteiger partial charge in [-0.05, 0) is 43.0 Å². The highest BCUT2D eigenvalue weighted by Crippen LogP contribution is 2.30. The fourth-order valence-electron chi connectivity index (χ4n) is 2.55. The lowest BCUT2D eigenvalue weighted by Gasteiger charge is -2.14. The first-order valence-corrected chi connectivity index (χ1v) is 8.43. The van der Waals surface area contributed by atoms with Crippen molar-refractivity contribution in [1.29, 1.82) is 0 Å². The number of carbonyl (C=O) groups is 1. The molecular weight excluding hydrogens is 330 g/mol. The molecule has 5 heteroatoms. The maximum Gasteiger partial charge on any atom is 0.356 e. The van der Waals surface area contributed by atoms with Crippen molar-refractivity contribution in [3.8, 4) is 11.6 Å². The van der Waals surface area contributed by atoms with Crippen LogP contribution in [0.5, 0.6) is 11.6 Å². The summed E-state index contributed by atoms with van der Waals surface area (Å²) < 4.78 is 16.5. The van der Waals surface area contributed by atoms with E-state index < -0.39 is 5.97 Å². The number of hydrogen-bond acceptors (Lipinski definition) is 5. The maximum absolute atomic E-state index is 11.9. The molecule has 0 spiro atoms. The third-order valence-electron chi connectivity index (χ3n) is 3.76. The third-order valence-corrected chi connectivity index (χ3v) is 3.76. The summed E-state index contributed by atoms with van der Waals surface area (Å²) in [6.45, 7) is 4.29. The van der Waals surface area contributed by atoms with Gasteiger partial charge in [0.15, 0.2) is 5.69 Å². The van der Waals surface area contributed by atoms with Gasteiger partial charge in [0.05, 0.1) is 13.2 Å². The number of hydrogen-bond donors (Lipinski definition) is 0. The number of benzene rings is 2. The zero-order chi connectivity index (χ0) is 18.5. The van der Waals surface area contributed by atoms with E-state index in [1.165, 1.54) is 7.11 Å². The molecule has 0 radical (unpaired) electrons. The molecule has 0 aliphatic rings. The number of carbonyl (C=O) groups excluding carboxylic acids is 1. The van der Waals surface area contributed by atoms with Crippen molar-refractivity contribution in [2.45, 2.75) is 26.6 Å². The number of pyridine rings is 1. The number of fused-ring (bicyclic) bond motifs is 1. The second-order valence-electron chi connectivity index (χ2n) is 6.13. The van der Waals surface area contributed by atoms with Gasteiger partial charge in [0, 0.05) is 5.39 Å². The van der Waals surface area contributed by atoms with E-state index in [4.69, 9.17) is 14.2 Å². The van der Waals surface area contributed by atoms with Crippen LogP contribution in [0.1, 0.15) is 29.9 Å². The van der Waals surface area contributed by atoms with Crippen LogP contribution in [-0.4, -0.2) is 24.2 Å². The summed E-state index contributed by atoms with van der Waals surface area (Å²) >= 11 is 0. The SMILES string of the molecule is COC(=O)c1cc2ccc(OCc3ccccc3)cc2c(OC(C)C)n1. The number of esters is 1. The molecule has 3 aromatic rings. The van der Waals surface area contributed by atoms with Crippen molar-refractivity contribution < 1.29 is 19.0 Å². The first-order valence-electron chi connectivity index (χ1n) is 8.43. The normalized spacial score (nSPS) is 10.8. The van der Waals surface area contributed by atoms with Crippen LogP contribution in [0, 0.1) is 0 Å². The van der Waals surface area contributed by atoms with Gasteiger partial charge in [0.1, 0.15) is 12.4 Å². The molecule has 0 fully saturated rings. The minimum Gasteiger partial charge on any atom is -0.489 e. The number of nitrogens with zero attached hydrogens (tertiary/aromatic N) is 1. The van der Waals surface area contributed by atoms with Crippen LogP contribution in [0.3, 0.4) is 0 Å². The van der Waals surface area contributed by atoms with Crippen molar-refractivity contribution in [2.75, 3.05) is 7.11 Å². The van der Waals surface area contributed by atoms with E-state index in [1.807, 2.05) is 62.4 Å². The summed E-state index contributed by atoms with van der Waals surface area (Å²) in [6, 6.07) is 17.3. The third kappa shape index (κ3) is 4.11. The molecule has 3 rings (SSSR count). The number of methoxy groups -OCH3 is 1. The highest BCUT2D eigenvalue weighted by molar-refractivity contribution is 5.96. The molecule has 0 aliphatic heterocycles. The van der Waals surface area contributed by atoms with Gasteiger partial charge in [0.2, 0.25) is 5.88 Å². The second kappa shape index (κ2) is 7.87. The lowest BCUT2D eigenvalue weighted by atomic mass is 10.1. The molecular formula is C21H21NO4. The smallest absolute Gasteiger partial charge is 0.356 e. The van der Waals surface area contributed by atoms with E-state index in [-0.39, 0.29) is 11.8 Å². The quantitative estimate of drug-likeness (QED) is 0.617. The Morgan fingerprint density at radius 1 is 1.08 bits per heavy atom. The first-order chi connectivity index (χ1) is 12.6. The fourth-order valence-corrected chi connectivity index (χ4v) is 2.55. The maximum atomic E-state index is 11.9. The predicted molar refractivity (Wildman–Crippen MR) is 99.6 cm³/mol. The minimum absolute atomic E-state index is 0.0764. The number of ether oxygens (including phenoxy) is 3. The summed E-state index contributed by atoms with van der Waals surface area (Å²) in [7, 11) is 1.33. The van der Waals surface area contributed by atoms with Gasteiger partial charge >= 0.3 is 5.97 Å². The van der Waals surface area contributed by atoms with Gasteiger partial charge in [-0.15, -0.1) is 0 Å². The van der Waals surface area contributed by atoms with E-state index in [0.29, 0.717) is 18.2 Å². The Morgan fingerprint density at radius 2 is 1.85 bits per heavy atom. The highest BCUT2D eigenvalue weighted by atomic mass is 16.5. The van der Waals surface area contributed by atoms with Crippen LogP contribution >= 0.6 is 0 Å². The van der Waals surface area contributed by atoms with Crippen LogP contribution in [0.4, 0.5) is 0 Å². The Labute approximate surface area is 152 Å². The van der Waals surface area contributed by atoms with Crippen molar-refractivity contribution >= 4 is 16.7 Å². The van der Waals surface area contributed by atoms with Gasteiger partial charge < -0.3 is 14.2 Å². The molecule has 5 nitrogen and oxygen atoms in total. The monoisotopic (exact) mass is 351 g/mol. The lowest BCUT2D eigenvalue weighted by molar-refractivity contribution is 0.0592. The zero-order valence-electron chi connectivity index (χ0n) is 15.1. The van der Waals surface area contributed by atoms with E-state index in [2.05, 4.69) is 4.98 Å². The number of aromatic nitrogens is 1. The predicted octanol–water partition coefficient (Wildman–Crippen LogP) is 4.39. The minimum atomic E-state index is -0.495. The molecule has 0 unspecified atom stereocenters. The molecule has 26 heavy (non-hydrogen) atoms. The summed E-state index contributed by atoms with van der Waals surface area (Å²) in [5.41, 5.74) is 1.30. The molecule has 134 valence electrons. The standard InChI is InChI=1S/C21H21NO4/c1-14(2)26-20-18-12-17(25-13-15-7-5-4-6-8-15)10-9-16(18)11-19(22-20)21(23)24-3/h4-12,14H,13H2,1-3H3. The average molecular weight is 351 g/mol. The first kappa shape index (κ1) is 17.7. The van der Waals surface area contributed by atoms with Gasteiger partial charge in [0.25, 0.3) is 0 Å². The van der Waals surface area contributed by atoms with Crippen LogP contribution in [0.2, 0.25) is 0 Å². The van der Waals surface area contributed by atoms with Crippen LogP contribution in [-0.2, 0) is 11.3 Å². The number of rotatable bonds is 6. The van der Waals surface area contributed by atoms with Crippen molar-refractivity contribution in [3.63, 3.8) is 0 Å². The second-order valence-corrected chi connectivity index (χ2v) is 6.13. The molecule has 0 atom stereocenters. The molecule has 0 saturated carbocycles. The molecule has 1 aromatic heterocycles. The van der Waals surface area contributed by atoms with Crippen LogP contribution in [0.25, 0.3) is 10.8 Å². The molecule has 2 aromatic carbocycles. The van der Waals surface area contributed by atoms with Crippen LogP contribution in [0.15, 0.2) is 54.6 Å². The van der Waals surface area contributed by atoms with Gasteiger partial charge in [-0.1, -0.05) is 36.4 Å². The largest absolute Gasteiger partial charge is 0.489 e. The fraction of sp³-hybridized carbons (Fsp3) is 0.238. The van der Waals surface area contributed by atoms with Crippen LogP contribution < -0.4 is 9.47 Å². The molecule has 0 N–H and O–H groups in total. The summed E-state index contributed by atoms with van der Waals surface area (Å²) in [5.74, 6) is 0.607. The van der Waals surface area contributed by atoms with Gasteiger partial charge in [-0.3, -0.25) is 0 Å². The highest BCUT2D eigenvalue weighted by Gasteiger charge is 2.15. The lowest BCUT2D eigenvalue weighted by Crippen LogP contribution is -2.11. The Hall–Kier alpha value is -3.08. The molecule has 1 heterocycles. The van der Waals surface area contributed by atoms with E-state index in [1.54, 1.807) is 6.07 Å². The summed E-state index contributed by atoms with van der Waals surface area (Å²) in [4.78, 5) is 16.2. The molecule has 0 bridgehead atoms. The van der Waals surface area contributed by atoms with Gasteiger partial charge in [-0.25, -0.2) is 9.78 Å². The molecule has 0 aliphatic carbocycles. The molecule has 0 amide bonds. The van der Waals surface area contributed by atoms with Gasteiger partial charge in [-0.2, -0.15) is 0 Å².